The number of Topliss-reactive ketones (excluding diaryl/α,β-unsaturated/α-hetero) is 1. The fraction of sp³-hybridized carbons (Fsp3) is 0.290. The molecule has 1 amide bonds. The number of carbonyl (C=O) groups excluding carboxylic acids is 2. The Morgan fingerprint density at radius 2 is 1.66 bits per heavy atom. The molecule has 1 heterocycles. The van der Waals surface area contributed by atoms with Crippen LogP contribution >= 0.6 is 0 Å². The Morgan fingerprint density at radius 1 is 0.921 bits per heavy atom. The van der Waals surface area contributed by atoms with Crippen molar-refractivity contribution in [3.8, 4) is 11.5 Å². The number of amides is 1. The summed E-state index contributed by atoms with van der Waals surface area (Å²) in [5.41, 5.74) is 3.36. The van der Waals surface area contributed by atoms with Gasteiger partial charge in [0.2, 0.25) is 0 Å². The highest BCUT2D eigenvalue weighted by Gasteiger charge is 2.45. The Hall–Kier alpha value is -4.10. The summed E-state index contributed by atoms with van der Waals surface area (Å²) in [7, 11) is 1.54. The second kappa shape index (κ2) is 12.4. The van der Waals surface area contributed by atoms with E-state index in [-0.39, 0.29) is 24.5 Å². The standard InChI is InChI=1S/C31H33NO6/c1-4-17-37-26-7-5-6-24(19-26)29(33)27-28(32(16-18-36-3)31(35)30(27)34)23-12-14-25(15-13-23)38-20-22-10-8-21(2)9-11-22/h5-15,19,28,33H,4,16-18,20H2,1-3H3/b29-27-. The van der Waals surface area contributed by atoms with Crippen molar-refractivity contribution in [1.29, 1.82) is 0 Å². The minimum atomic E-state index is -0.767. The molecule has 0 aromatic heterocycles. The largest absolute Gasteiger partial charge is 0.507 e. The molecule has 4 rings (SSSR count). The topological polar surface area (TPSA) is 85.3 Å². The van der Waals surface area contributed by atoms with Gasteiger partial charge in [-0.05, 0) is 48.7 Å². The number of benzene rings is 3. The lowest BCUT2D eigenvalue weighted by Crippen LogP contribution is -2.32. The van der Waals surface area contributed by atoms with Crippen LogP contribution in [0.2, 0.25) is 0 Å². The van der Waals surface area contributed by atoms with E-state index in [1.165, 1.54) is 17.6 Å². The first-order chi connectivity index (χ1) is 18.4. The van der Waals surface area contributed by atoms with Crippen LogP contribution in [-0.2, 0) is 20.9 Å². The van der Waals surface area contributed by atoms with Gasteiger partial charge < -0.3 is 24.2 Å². The van der Waals surface area contributed by atoms with E-state index in [1.807, 2.05) is 50.2 Å². The Balaban J connectivity index is 1.65. The third-order valence-electron chi connectivity index (χ3n) is 6.38. The van der Waals surface area contributed by atoms with Gasteiger partial charge in [0.25, 0.3) is 11.7 Å². The molecular formula is C31H33NO6. The lowest BCUT2D eigenvalue weighted by Gasteiger charge is -2.25. The number of carbonyl (C=O) groups is 2. The summed E-state index contributed by atoms with van der Waals surface area (Å²) in [5, 5.41) is 11.3. The number of ketones is 1. The Labute approximate surface area is 223 Å². The van der Waals surface area contributed by atoms with Crippen LogP contribution in [0.25, 0.3) is 5.76 Å². The zero-order chi connectivity index (χ0) is 27.1. The summed E-state index contributed by atoms with van der Waals surface area (Å²) in [4.78, 5) is 27.6. The van der Waals surface area contributed by atoms with Crippen molar-refractivity contribution in [3.05, 3.63) is 101 Å². The number of likely N-dealkylation sites (tertiary alicyclic amines) is 1. The van der Waals surface area contributed by atoms with Crippen LogP contribution in [0.4, 0.5) is 0 Å². The predicted octanol–water partition coefficient (Wildman–Crippen LogP) is 5.43. The van der Waals surface area contributed by atoms with Crippen LogP contribution < -0.4 is 9.47 Å². The third kappa shape index (κ3) is 6.06. The molecule has 7 nitrogen and oxygen atoms in total. The predicted molar refractivity (Wildman–Crippen MR) is 145 cm³/mol. The van der Waals surface area contributed by atoms with E-state index in [0.717, 1.165) is 12.0 Å². The van der Waals surface area contributed by atoms with Crippen LogP contribution in [0.15, 0.2) is 78.4 Å². The number of nitrogens with zero attached hydrogens (tertiary/aromatic N) is 1. The van der Waals surface area contributed by atoms with Gasteiger partial charge in [0.05, 0.1) is 24.8 Å². The number of methoxy groups -OCH3 is 1. The van der Waals surface area contributed by atoms with Crippen molar-refractivity contribution < 1.29 is 28.9 Å². The van der Waals surface area contributed by atoms with Crippen LogP contribution in [0.3, 0.4) is 0 Å². The van der Waals surface area contributed by atoms with E-state index in [1.54, 1.807) is 36.4 Å². The van der Waals surface area contributed by atoms with Gasteiger partial charge in [0.15, 0.2) is 0 Å². The number of hydrogen-bond acceptors (Lipinski definition) is 6. The lowest BCUT2D eigenvalue weighted by atomic mass is 9.95. The summed E-state index contributed by atoms with van der Waals surface area (Å²) < 4.78 is 16.8. The Morgan fingerprint density at radius 3 is 2.34 bits per heavy atom. The maximum atomic E-state index is 13.2. The number of rotatable bonds is 11. The number of ether oxygens (including phenoxy) is 3. The monoisotopic (exact) mass is 515 g/mol. The first kappa shape index (κ1) is 26.9. The Bertz CT molecular complexity index is 1300. The summed E-state index contributed by atoms with van der Waals surface area (Å²) in [5.74, 6) is -0.412. The van der Waals surface area contributed by atoms with Gasteiger partial charge >= 0.3 is 0 Å². The average molecular weight is 516 g/mol. The van der Waals surface area contributed by atoms with Crippen molar-refractivity contribution in [3.63, 3.8) is 0 Å². The van der Waals surface area contributed by atoms with Crippen molar-refractivity contribution in [2.24, 2.45) is 0 Å². The molecule has 1 fully saturated rings. The molecule has 0 saturated carbocycles. The molecule has 1 aliphatic heterocycles. The van der Waals surface area contributed by atoms with Gasteiger partial charge in [-0.3, -0.25) is 9.59 Å². The first-order valence-corrected chi connectivity index (χ1v) is 12.7. The number of aliphatic hydroxyl groups is 1. The molecule has 0 aliphatic carbocycles. The highest BCUT2D eigenvalue weighted by molar-refractivity contribution is 6.46. The number of aryl methyl sites for hydroxylation is 1. The molecular weight excluding hydrogens is 482 g/mol. The smallest absolute Gasteiger partial charge is 0.295 e. The fourth-order valence-electron chi connectivity index (χ4n) is 4.35. The van der Waals surface area contributed by atoms with Crippen molar-refractivity contribution in [1.82, 2.24) is 4.90 Å². The molecule has 3 aromatic rings. The fourth-order valence-corrected chi connectivity index (χ4v) is 4.35. The second-order valence-electron chi connectivity index (χ2n) is 9.20. The van der Waals surface area contributed by atoms with E-state index in [2.05, 4.69) is 0 Å². The molecule has 1 unspecified atom stereocenters. The molecule has 1 saturated heterocycles. The van der Waals surface area contributed by atoms with E-state index in [9.17, 15) is 14.7 Å². The van der Waals surface area contributed by atoms with Gasteiger partial charge in [0.1, 0.15) is 23.9 Å². The first-order valence-electron chi connectivity index (χ1n) is 12.7. The van der Waals surface area contributed by atoms with Crippen molar-refractivity contribution in [2.45, 2.75) is 32.9 Å². The maximum Gasteiger partial charge on any atom is 0.295 e. The highest BCUT2D eigenvalue weighted by Crippen LogP contribution is 2.40. The molecule has 1 atom stereocenters. The molecule has 7 heteroatoms. The summed E-state index contributed by atoms with van der Waals surface area (Å²) in [6.07, 6.45) is 0.839. The molecule has 0 radical (unpaired) electrons. The van der Waals surface area contributed by atoms with E-state index in [4.69, 9.17) is 14.2 Å². The molecule has 3 aromatic carbocycles. The van der Waals surface area contributed by atoms with E-state index in [0.29, 0.717) is 35.8 Å². The van der Waals surface area contributed by atoms with Gasteiger partial charge in [-0.25, -0.2) is 0 Å². The molecule has 0 spiro atoms. The summed E-state index contributed by atoms with van der Waals surface area (Å²) in [6.45, 7) is 5.45. The zero-order valence-corrected chi connectivity index (χ0v) is 22.0. The SMILES string of the molecule is CCCOc1cccc(/C(O)=C2/C(=O)C(=O)N(CCOC)C2c2ccc(OCc3ccc(C)cc3)cc2)c1. The van der Waals surface area contributed by atoms with Gasteiger partial charge in [-0.1, -0.05) is 61.0 Å². The summed E-state index contributed by atoms with van der Waals surface area (Å²) in [6, 6.07) is 21.5. The number of aliphatic hydroxyl groups excluding tert-OH is 1. The Kier molecular flexibility index (Phi) is 8.81. The third-order valence-corrected chi connectivity index (χ3v) is 6.38. The van der Waals surface area contributed by atoms with Crippen LogP contribution in [-0.4, -0.2) is 48.6 Å². The molecule has 1 aliphatic rings. The van der Waals surface area contributed by atoms with Crippen molar-refractivity contribution in [2.75, 3.05) is 26.9 Å². The zero-order valence-electron chi connectivity index (χ0n) is 22.0. The average Bonchev–Trinajstić information content (AvgIpc) is 3.19. The second-order valence-corrected chi connectivity index (χ2v) is 9.20. The van der Waals surface area contributed by atoms with Crippen LogP contribution in [0.1, 0.15) is 41.6 Å². The van der Waals surface area contributed by atoms with E-state index >= 15 is 0 Å². The van der Waals surface area contributed by atoms with Crippen LogP contribution in [0.5, 0.6) is 11.5 Å². The highest BCUT2D eigenvalue weighted by atomic mass is 16.5. The summed E-state index contributed by atoms with van der Waals surface area (Å²) >= 11 is 0. The number of hydrogen-bond donors (Lipinski definition) is 1. The van der Waals surface area contributed by atoms with Crippen LogP contribution in [0, 0.1) is 6.92 Å². The quantitative estimate of drug-likeness (QED) is 0.208. The normalized spacial score (nSPS) is 16.6. The van der Waals surface area contributed by atoms with Gasteiger partial charge in [-0.2, -0.15) is 0 Å². The maximum absolute atomic E-state index is 13.2. The van der Waals surface area contributed by atoms with Gasteiger partial charge in [0, 0.05) is 19.2 Å². The lowest BCUT2D eigenvalue weighted by molar-refractivity contribution is -0.140. The molecule has 0 bridgehead atoms. The van der Waals surface area contributed by atoms with Gasteiger partial charge in [-0.15, -0.1) is 0 Å². The van der Waals surface area contributed by atoms with E-state index < -0.39 is 17.7 Å². The molecule has 198 valence electrons. The minimum Gasteiger partial charge on any atom is -0.507 e. The van der Waals surface area contributed by atoms with Crippen molar-refractivity contribution >= 4 is 17.4 Å². The minimum absolute atomic E-state index is 0.0343. The molecule has 1 N–H and O–H groups in total. The molecule has 38 heavy (non-hydrogen) atoms.